The van der Waals surface area contributed by atoms with Gasteiger partial charge in [-0.25, -0.2) is 0 Å². The topological polar surface area (TPSA) is 84.6 Å². The molecule has 1 aromatic rings. The van der Waals surface area contributed by atoms with Gasteiger partial charge in [0.05, 0.1) is 24.8 Å². The molecule has 0 bridgehead atoms. The number of benzene rings is 1. The summed E-state index contributed by atoms with van der Waals surface area (Å²) >= 11 is 0. The number of hydrogen-bond donors (Lipinski definition) is 3. The quantitative estimate of drug-likeness (QED) is 0.741. The molecule has 1 saturated carbocycles. The molecule has 116 valence electrons. The molecule has 0 spiro atoms. The van der Waals surface area contributed by atoms with E-state index in [9.17, 15) is 9.90 Å². The van der Waals surface area contributed by atoms with E-state index in [0.717, 1.165) is 25.7 Å². The van der Waals surface area contributed by atoms with Crippen molar-refractivity contribution in [3.63, 3.8) is 0 Å². The smallest absolute Gasteiger partial charge is 0.253 e. The van der Waals surface area contributed by atoms with Crippen LogP contribution in [0.5, 0.6) is 5.75 Å². The number of rotatable bonds is 4. The fraction of sp³-hybridized carbons (Fsp3) is 0.562. The fourth-order valence-corrected chi connectivity index (χ4v) is 2.82. The minimum atomic E-state index is -0.518. The molecule has 1 fully saturated rings. The van der Waals surface area contributed by atoms with Gasteiger partial charge in [-0.3, -0.25) is 4.79 Å². The first kappa shape index (κ1) is 15.6. The molecular formula is C16H24N2O3. The van der Waals surface area contributed by atoms with Crippen LogP contribution in [0.4, 0.5) is 5.69 Å². The lowest BCUT2D eigenvalue weighted by Gasteiger charge is -2.38. The number of aliphatic hydroxyl groups excluding tert-OH is 1. The summed E-state index contributed by atoms with van der Waals surface area (Å²) in [4.78, 5) is 12.4. The van der Waals surface area contributed by atoms with Gasteiger partial charge in [-0.15, -0.1) is 0 Å². The highest BCUT2D eigenvalue weighted by Crippen LogP contribution is 2.32. The average Bonchev–Trinajstić information content (AvgIpc) is 2.49. The second-order valence-corrected chi connectivity index (χ2v) is 6.03. The van der Waals surface area contributed by atoms with Crippen molar-refractivity contribution in [3.05, 3.63) is 23.8 Å². The van der Waals surface area contributed by atoms with Crippen LogP contribution in [0.3, 0.4) is 0 Å². The van der Waals surface area contributed by atoms with Gasteiger partial charge in [0.15, 0.2) is 0 Å². The molecule has 5 heteroatoms. The zero-order valence-electron chi connectivity index (χ0n) is 12.7. The molecule has 0 atom stereocenters. The molecule has 2 rings (SSSR count). The first-order valence-electron chi connectivity index (χ1n) is 7.36. The van der Waals surface area contributed by atoms with Crippen LogP contribution in [0.15, 0.2) is 18.2 Å². The second-order valence-electron chi connectivity index (χ2n) is 6.03. The van der Waals surface area contributed by atoms with Crippen molar-refractivity contribution >= 4 is 11.6 Å². The van der Waals surface area contributed by atoms with E-state index < -0.39 is 5.54 Å². The zero-order chi connectivity index (χ0) is 15.5. The number of ether oxygens (including phenoxy) is 1. The van der Waals surface area contributed by atoms with Crippen molar-refractivity contribution < 1.29 is 14.6 Å². The van der Waals surface area contributed by atoms with E-state index in [0.29, 0.717) is 22.9 Å². The molecule has 4 N–H and O–H groups in total. The molecule has 5 nitrogen and oxygen atoms in total. The Morgan fingerprint density at radius 1 is 1.48 bits per heavy atom. The van der Waals surface area contributed by atoms with Crippen molar-refractivity contribution in [3.8, 4) is 5.75 Å². The maximum atomic E-state index is 12.4. The first-order valence-corrected chi connectivity index (χ1v) is 7.36. The molecule has 0 heterocycles. The zero-order valence-corrected chi connectivity index (χ0v) is 12.7. The summed E-state index contributed by atoms with van der Waals surface area (Å²) in [6.07, 6.45) is 3.62. The van der Waals surface area contributed by atoms with Crippen molar-refractivity contribution in [2.24, 2.45) is 5.92 Å². The van der Waals surface area contributed by atoms with Gasteiger partial charge in [-0.05, 0) is 43.7 Å². The van der Waals surface area contributed by atoms with E-state index in [1.54, 1.807) is 25.3 Å². The van der Waals surface area contributed by atoms with Gasteiger partial charge >= 0.3 is 0 Å². The Hall–Kier alpha value is -1.75. The highest BCUT2D eigenvalue weighted by Gasteiger charge is 2.35. The molecule has 1 aromatic carbocycles. The Morgan fingerprint density at radius 2 is 2.14 bits per heavy atom. The van der Waals surface area contributed by atoms with E-state index in [2.05, 4.69) is 12.2 Å². The number of nitrogen functional groups attached to an aromatic ring is 1. The van der Waals surface area contributed by atoms with Crippen molar-refractivity contribution in [2.75, 3.05) is 19.5 Å². The van der Waals surface area contributed by atoms with Gasteiger partial charge in [0.1, 0.15) is 5.75 Å². The van der Waals surface area contributed by atoms with Gasteiger partial charge in [0.2, 0.25) is 0 Å². The van der Waals surface area contributed by atoms with E-state index in [1.165, 1.54) is 0 Å². The third-order valence-corrected chi connectivity index (χ3v) is 4.42. The lowest BCUT2D eigenvalue weighted by molar-refractivity contribution is 0.0718. The third kappa shape index (κ3) is 3.47. The third-order valence-electron chi connectivity index (χ3n) is 4.42. The molecule has 0 aliphatic heterocycles. The standard InChI is InChI=1S/C16H24N2O3/c1-11-5-7-16(10-19,8-6-11)18-15(20)13-4-3-12(21-2)9-14(13)17/h3-4,9,11,19H,5-8,10,17H2,1-2H3,(H,18,20). The van der Waals surface area contributed by atoms with Crippen LogP contribution in [0.25, 0.3) is 0 Å². The molecule has 0 saturated heterocycles. The van der Waals surface area contributed by atoms with Crippen molar-refractivity contribution in [2.45, 2.75) is 38.1 Å². The monoisotopic (exact) mass is 292 g/mol. The van der Waals surface area contributed by atoms with Crippen LogP contribution in [-0.4, -0.2) is 30.3 Å². The summed E-state index contributed by atoms with van der Waals surface area (Å²) in [5, 5.41) is 12.7. The molecule has 0 aromatic heterocycles. The van der Waals surface area contributed by atoms with Crippen LogP contribution in [0.2, 0.25) is 0 Å². The van der Waals surface area contributed by atoms with Crippen molar-refractivity contribution in [1.29, 1.82) is 0 Å². The fourth-order valence-electron chi connectivity index (χ4n) is 2.82. The van der Waals surface area contributed by atoms with E-state index in [1.807, 2.05) is 0 Å². The van der Waals surface area contributed by atoms with E-state index in [-0.39, 0.29) is 12.5 Å². The molecule has 0 radical (unpaired) electrons. The molecule has 1 amide bonds. The highest BCUT2D eigenvalue weighted by atomic mass is 16.5. The summed E-state index contributed by atoms with van der Waals surface area (Å²) in [5.41, 5.74) is 6.19. The van der Waals surface area contributed by atoms with Gasteiger partial charge < -0.3 is 20.9 Å². The summed E-state index contributed by atoms with van der Waals surface area (Å²) in [6, 6.07) is 4.99. The Morgan fingerprint density at radius 3 is 2.67 bits per heavy atom. The number of carbonyl (C=O) groups excluding carboxylic acids is 1. The molecule has 1 aliphatic carbocycles. The number of methoxy groups -OCH3 is 1. The maximum Gasteiger partial charge on any atom is 0.253 e. The second kappa shape index (κ2) is 6.35. The maximum absolute atomic E-state index is 12.4. The number of hydrogen-bond acceptors (Lipinski definition) is 4. The minimum Gasteiger partial charge on any atom is -0.497 e. The number of nitrogens with one attached hydrogen (secondary N) is 1. The Kier molecular flexibility index (Phi) is 4.73. The van der Waals surface area contributed by atoms with Crippen molar-refractivity contribution in [1.82, 2.24) is 5.32 Å². The lowest BCUT2D eigenvalue weighted by Crippen LogP contribution is -2.53. The average molecular weight is 292 g/mol. The number of aliphatic hydroxyl groups is 1. The Labute approximate surface area is 125 Å². The highest BCUT2D eigenvalue weighted by molar-refractivity contribution is 5.99. The SMILES string of the molecule is COc1ccc(C(=O)NC2(CO)CCC(C)CC2)c(N)c1. The van der Waals surface area contributed by atoms with Gasteiger partial charge in [-0.2, -0.15) is 0 Å². The summed E-state index contributed by atoms with van der Waals surface area (Å²) in [7, 11) is 1.55. The molecule has 21 heavy (non-hydrogen) atoms. The predicted octanol–water partition coefficient (Wildman–Crippen LogP) is 1.95. The van der Waals surface area contributed by atoms with E-state index in [4.69, 9.17) is 10.5 Å². The number of nitrogens with two attached hydrogens (primary N) is 1. The Bertz CT molecular complexity index is 508. The van der Waals surface area contributed by atoms with Gasteiger partial charge in [0, 0.05) is 11.8 Å². The van der Waals surface area contributed by atoms with Gasteiger partial charge in [0.25, 0.3) is 5.91 Å². The summed E-state index contributed by atoms with van der Waals surface area (Å²) in [5.74, 6) is 1.03. The first-order chi connectivity index (χ1) is 9.99. The lowest BCUT2D eigenvalue weighted by atomic mass is 9.77. The molecule has 0 unspecified atom stereocenters. The Balaban J connectivity index is 2.13. The normalized spacial score (nSPS) is 25.4. The molecular weight excluding hydrogens is 268 g/mol. The van der Waals surface area contributed by atoms with Gasteiger partial charge in [-0.1, -0.05) is 6.92 Å². The number of anilines is 1. The predicted molar refractivity (Wildman–Crippen MR) is 82.3 cm³/mol. The molecule has 1 aliphatic rings. The van der Waals surface area contributed by atoms with Crippen LogP contribution in [-0.2, 0) is 0 Å². The van der Waals surface area contributed by atoms with E-state index >= 15 is 0 Å². The van der Waals surface area contributed by atoms with Crippen LogP contribution in [0.1, 0.15) is 43.0 Å². The summed E-state index contributed by atoms with van der Waals surface area (Å²) < 4.78 is 5.08. The minimum absolute atomic E-state index is 0.0402. The number of carbonyl (C=O) groups is 1. The number of amides is 1. The largest absolute Gasteiger partial charge is 0.497 e. The van der Waals surface area contributed by atoms with Crippen LogP contribution in [0, 0.1) is 5.92 Å². The van der Waals surface area contributed by atoms with Crippen LogP contribution >= 0.6 is 0 Å². The summed E-state index contributed by atoms with van der Waals surface area (Å²) in [6.45, 7) is 2.16. The van der Waals surface area contributed by atoms with Crippen LogP contribution < -0.4 is 15.8 Å².